The van der Waals surface area contributed by atoms with Gasteiger partial charge in [-0.3, -0.25) is 9.59 Å². The molecule has 2 heterocycles. The van der Waals surface area contributed by atoms with Crippen molar-refractivity contribution >= 4 is 27.7 Å². The molecule has 0 aliphatic carbocycles. The summed E-state index contributed by atoms with van der Waals surface area (Å²) in [5.74, 6) is -0.0978. The summed E-state index contributed by atoms with van der Waals surface area (Å²) in [4.78, 5) is 26.6. The first-order valence-corrected chi connectivity index (χ1v) is 7.88. The fourth-order valence-electron chi connectivity index (χ4n) is 2.34. The van der Waals surface area contributed by atoms with Crippen molar-refractivity contribution in [2.45, 2.75) is 13.8 Å². The summed E-state index contributed by atoms with van der Waals surface area (Å²) < 4.78 is 11.0. The number of H-pyrrole nitrogens is 1. The summed E-state index contributed by atoms with van der Waals surface area (Å²) >= 11 is 3.40. The highest BCUT2D eigenvalue weighted by Gasteiger charge is 2.24. The van der Waals surface area contributed by atoms with E-state index in [-0.39, 0.29) is 11.7 Å². The van der Waals surface area contributed by atoms with Crippen LogP contribution in [0.5, 0.6) is 5.88 Å². The van der Waals surface area contributed by atoms with Crippen LogP contribution in [0, 0.1) is 6.92 Å². The van der Waals surface area contributed by atoms with Crippen molar-refractivity contribution in [3.8, 4) is 17.1 Å². The average Bonchev–Trinajstić information content (AvgIpc) is 3.13. The zero-order valence-corrected chi connectivity index (χ0v) is 14.5. The summed E-state index contributed by atoms with van der Waals surface area (Å²) in [6, 6.07) is 8.92. The number of nitrogens with one attached hydrogen (secondary N) is 1. The molecular formula is C17H13BrN2O4. The Morgan fingerprint density at radius 3 is 2.79 bits per heavy atom. The van der Waals surface area contributed by atoms with Crippen LogP contribution in [-0.4, -0.2) is 21.9 Å². The van der Waals surface area contributed by atoms with Gasteiger partial charge in [-0.25, -0.2) is 0 Å². The van der Waals surface area contributed by atoms with Crippen molar-refractivity contribution in [3.63, 3.8) is 0 Å². The van der Waals surface area contributed by atoms with Gasteiger partial charge in [0.25, 0.3) is 0 Å². The Morgan fingerprint density at radius 2 is 2.08 bits per heavy atom. The molecule has 0 spiro atoms. The molecule has 0 saturated carbocycles. The first-order chi connectivity index (χ1) is 11.5. The third-order valence-corrected chi connectivity index (χ3v) is 3.85. The van der Waals surface area contributed by atoms with Crippen LogP contribution in [-0.2, 0) is 4.79 Å². The zero-order valence-electron chi connectivity index (χ0n) is 12.9. The molecule has 0 aliphatic rings. The summed E-state index contributed by atoms with van der Waals surface area (Å²) in [6.45, 7) is 2.97. The van der Waals surface area contributed by atoms with Gasteiger partial charge in [-0.15, -0.1) is 0 Å². The first kappa shape index (κ1) is 16.2. The van der Waals surface area contributed by atoms with Gasteiger partial charge in [0.15, 0.2) is 0 Å². The second-order valence-corrected chi connectivity index (χ2v) is 6.06. The van der Waals surface area contributed by atoms with E-state index in [1.54, 1.807) is 6.92 Å². The number of hydrogen-bond donors (Lipinski definition) is 1. The molecule has 24 heavy (non-hydrogen) atoms. The lowest BCUT2D eigenvalue weighted by atomic mass is 10.00. The molecular weight excluding hydrogens is 376 g/mol. The number of aryl methyl sites for hydroxylation is 1. The van der Waals surface area contributed by atoms with Gasteiger partial charge in [0.05, 0.1) is 5.56 Å². The Hall–Kier alpha value is -2.67. The van der Waals surface area contributed by atoms with E-state index in [1.165, 1.54) is 19.2 Å². The summed E-state index contributed by atoms with van der Waals surface area (Å²) in [6.07, 6.45) is 1.48. The van der Waals surface area contributed by atoms with Gasteiger partial charge in [-0.2, -0.15) is 0 Å². The summed E-state index contributed by atoms with van der Waals surface area (Å²) in [5, 5.41) is 4.02. The van der Waals surface area contributed by atoms with Crippen LogP contribution in [0.25, 0.3) is 11.3 Å². The molecule has 0 atom stereocenters. The minimum atomic E-state index is -0.466. The number of aromatic amines is 1. The van der Waals surface area contributed by atoms with E-state index >= 15 is 0 Å². The first-order valence-electron chi connectivity index (χ1n) is 7.09. The number of ketones is 1. The number of carbonyl (C=O) groups is 2. The van der Waals surface area contributed by atoms with E-state index < -0.39 is 5.97 Å². The molecule has 122 valence electrons. The van der Waals surface area contributed by atoms with Crippen LogP contribution in [0.15, 0.2) is 45.5 Å². The molecule has 1 N–H and O–H groups in total. The number of aromatic nitrogens is 2. The molecule has 3 rings (SSSR count). The Kier molecular flexibility index (Phi) is 4.35. The predicted molar refractivity (Wildman–Crippen MR) is 89.9 cm³/mol. The normalized spacial score (nSPS) is 10.6. The fraction of sp³-hybridized carbons (Fsp3) is 0.118. The smallest absolute Gasteiger partial charge is 0.309 e. The van der Waals surface area contributed by atoms with E-state index in [1.807, 2.05) is 24.3 Å². The third kappa shape index (κ3) is 3.16. The highest BCUT2D eigenvalue weighted by molar-refractivity contribution is 9.10. The third-order valence-electron chi connectivity index (χ3n) is 3.36. The lowest BCUT2D eigenvalue weighted by Gasteiger charge is -2.01. The van der Waals surface area contributed by atoms with Crippen molar-refractivity contribution in [1.29, 1.82) is 0 Å². The highest BCUT2D eigenvalue weighted by atomic mass is 79.9. The molecule has 0 unspecified atom stereocenters. The van der Waals surface area contributed by atoms with Gasteiger partial charge in [-0.1, -0.05) is 33.2 Å². The van der Waals surface area contributed by atoms with Crippen LogP contribution < -0.4 is 4.74 Å². The molecule has 1 aromatic carbocycles. The number of carbonyl (C=O) groups excluding carboxylic acids is 2. The monoisotopic (exact) mass is 388 g/mol. The van der Waals surface area contributed by atoms with Gasteiger partial charge in [-0.05, 0) is 19.1 Å². The molecule has 0 aliphatic heterocycles. The number of halogens is 1. The standard InChI is InChI=1S/C17H13BrN2O4/c1-9-15(16(20-24-9)11-4-3-5-13(18)6-11)17(22)12-7-14(19-8-12)23-10(2)21/h3-8,19H,1-2H3. The van der Waals surface area contributed by atoms with E-state index in [4.69, 9.17) is 9.26 Å². The molecule has 0 radical (unpaired) electrons. The molecule has 3 aromatic rings. The molecule has 7 heteroatoms. The molecule has 0 saturated heterocycles. The van der Waals surface area contributed by atoms with Crippen LogP contribution >= 0.6 is 15.9 Å². The number of hydrogen-bond acceptors (Lipinski definition) is 5. The SMILES string of the molecule is CC(=O)Oc1cc(C(=O)c2c(-c3cccc(Br)c3)noc2C)c[nH]1. The maximum Gasteiger partial charge on any atom is 0.309 e. The van der Waals surface area contributed by atoms with E-state index in [0.717, 1.165) is 10.0 Å². The average molecular weight is 389 g/mol. The fourth-order valence-corrected chi connectivity index (χ4v) is 2.73. The van der Waals surface area contributed by atoms with Gasteiger partial charge in [0.1, 0.15) is 11.5 Å². The van der Waals surface area contributed by atoms with E-state index in [0.29, 0.717) is 22.6 Å². The quantitative estimate of drug-likeness (QED) is 0.541. The van der Waals surface area contributed by atoms with Gasteiger partial charge in [0, 0.05) is 34.8 Å². The topological polar surface area (TPSA) is 85.2 Å². The molecule has 2 aromatic heterocycles. The van der Waals surface area contributed by atoms with Crippen LogP contribution in [0.3, 0.4) is 0 Å². The maximum atomic E-state index is 12.8. The number of benzene rings is 1. The molecule has 6 nitrogen and oxygen atoms in total. The van der Waals surface area contributed by atoms with Crippen molar-refractivity contribution in [3.05, 3.63) is 57.9 Å². The van der Waals surface area contributed by atoms with Gasteiger partial charge < -0.3 is 14.2 Å². The predicted octanol–water partition coefficient (Wildman–Crippen LogP) is 3.90. The zero-order chi connectivity index (χ0) is 17.3. The number of nitrogens with zero attached hydrogens (tertiary/aromatic N) is 1. The van der Waals surface area contributed by atoms with Crippen LogP contribution in [0.2, 0.25) is 0 Å². The lowest BCUT2D eigenvalue weighted by molar-refractivity contribution is -0.132. The van der Waals surface area contributed by atoms with Crippen molar-refractivity contribution < 1.29 is 18.8 Å². The Morgan fingerprint density at radius 1 is 1.29 bits per heavy atom. The van der Waals surface area contributed by atoms with Gasteiger partial charge >= 0.3 is 5.97 Å². The minimum Gasteiger partial charge on any atom is -0.410 e. The largest absolute Gasteiger partial charge is 0.410 e. The minimum absolute atomic E-state index is 0.212. The summed E-state index contributed by atoms with van der Waals surface area (Å²) in [7, 11) is 0. The van der Waals surface area contributed by atoms with Crippen LogP contribution in [0.4, 0.5) is 0 Å². The van der Waals surface area contributed by atoms with Gasteiger partial charge in [0.2, 0.25) is 11.7 Å². The van der Waals surface area contributed by atoms with E-state index in [2.05, 4.69) is 26.1 Å². The Labute approximate surface area is 145 Å². The van der Waals surface area contributed by atoms with E-state index in [9.17, 15) is 9.59 Å². The van der Waals surface area contributed by atoms with Crippen molar-refractivity contribution in [2.75, 3.05) is 0 Å². The Balaban J connectivity index is 2.00. The van der Waals surface area contributed by atoms with Crippen molar-refractivity contribution in [2.24, 2.45) is 0 Å². The Bertz CT molecular complexity index is 926. The maximum absolute atomic E-state index is 12.8. The van der Waals surface area contributed by atoms with Crippen LogP contribution in [0.1, 0.15) is 28.6 Å². The summed E-state index contributed by atoms with van der Waals surface area (Å²) in [5.41, 5.74) is 1.96. The highest BCUT2D eigenvalue weighted by Crippen LogP contribution is 2.29. The number of ether oxygens (including phenoxy) is 1. The molecule has 0 fully saturated rings. The lowest BCUT2D eigenvalue weighted by Crippen LogP contribution is -2.03. The number of esters is 1. The molecule has 0 amide bonds. The second kappa shape index (κ2) is 6.45. The van der Waals surface area contributed by atoms with Crippen molar-refractivity contribution in [1.82, 2.24) is 10.1 Å². The second-order valence-electron chi connectivity index (χ2n) is 5.15. The molecule has 0 bridgehead atoms. The number of rotatable bonds is 4.